The van der Waals surface area contributed by atoms with Gasteiger partial charge < -0.3 is 0 Å². The molecule has 0 saturated carbocycles. The Labute approximate surface area is 79.3 Å². The summed E-state index contributed by atoms with van der Waals surface area (Å²) in [7, 11) is 0. The van der Waals surface area contributed by atoms with Gasteiger partial charge in [-0.1, -0.05) is 11.6 Å². The van der Waals surface area contributed by atoms with Crippen molar-refractivity contribution < 1.29 is 4.92 Å². The summed E-state index contributed by atoms with van der Waals surface area (Å²) in [6.07, 6.45) is 6.60. The monoisotopic (exact) mass is 183 g/mol. The Kier molecular flexibility index (Phi) is 5.85. The van der Waals surface area contributed by atoms with Gasteiger partial charge in [0, 0.05) is 6.92 Å². The van der Waals surface area contributed by atoms with E-state index in [9.17, 15) is 10.1 Å². The first-order chi connectivity index (χ1) is 6.04. The van der Waals surface area contributed by atoms with Crippen molar-refractivity contribution in [2.75, 3.05) is 0 Å². The Morgan fingerprint density at radius 1 is 1.23 bits per heavy atom. The average Bonchev–Trinajstić information content (AvgIpc) is 2.02. The van der Waals surface area contributed by atoms with Crippen molar-refractivity contribution in [2.24, 2.45) is 0 Å². The average molecular weight is 183 g/mol. The van der Waals surface area contributed by atoms with Crippen LogP contribution in [0, 0.1) is 10.1 Å². The fraction of sp³-hybridized carbons (Fsp3) is 0.600. The second-order valence-electron chi connectivity index (χ2n) is 3.31. The smallest absolute Gasteiger partial charge is 0.239 e. The molecule has 13 heavy (non-hydrogen) atoms. The van der Waals surface area contributed by atoms with E-state index in [1.807, 2.05) is 0 Å². The SMILES string of the molecule is CC(C)=CCCC/C=C(/C)[N+](=O)[O-]. The van der Waals surface area contributed by atoms with Gasteiger partial charge in [0.2, 0.25) is 5.70 Å². The summed E-state index contributed by atoms with van der Waals surface area (Å²) in [6.45, 7) is 5.64. The maximum Gasteiger partial charge on any atom is 0.239 e. The molecule has 0 atom stereocenters. The second kappa shape index (κ2) is 6.40. The Bertz CT molecular complexity index is 225. The number of nitro groups is 1. The lowest BCUT2D eigenvalue weighted by Crippen LogP contribution is -1.92. The maximum absolute atomic E-state index is 10.2. The highest BCUT2D eigenvalue weighted by atomic mass is 16.6. The van der Waals surface area contributed by atoms with E-state index in [1.165, 1.54) is 12.5 Å². The molecule has 0 aromatic rings. The van der Waals surface area contributed by atoms with Crippen LogP contribution >= 0.6 is 0 Å². The third kappa shape index (κ3) is 7.25. The van der Waals surface area contributed by atoms with Crippen LogP contribution < -0.4 is 0 Å². The Morgan fingerprint density at radius 3 is 2.23 bits per heavy atom. The van der Waals surface area contributed by atoms with Crippen molar-refractivity contribution >= 4 is 0 Å². The molecule has 0 fully saturated rings. The molecule has 0 aliphatic carbocycles. The molecule has 0 amide bonds. The highest BCUT2D eigenvalue weighted by Crippen LogP contribution is 2.04. The van der Waals surface area contributed by atoms with Crippen LogP contribution in [0.3, 0.4) is 0 Å². The van der Waals surface area contributed by atoms with E-state index >= 15 is 0 Å². The van der Waals surface area contributed by atoms with E-state index in [0.29, 0.717) is 0 Å². The third-order valence-corrected chi connectivity index (χ3v) is 1.69. The minimum absolute atomic E-state index is 0.247. The molecule has 3 heteroatoms. The zero-order valence-corrected chi connectivity index (χ0v) is 8.54. The molecule has 0 aliphatic heterocycles. The lowest BCUT2D eigenvalue weighted by Gasteiger charge is -1.92. The number of nitrogens with zero attached hydrogens (tertiary/aromatic N) is 1. The first-order valence-electron chi connectivity index (χ1n) is 4.48. The molecule has 3 nitrogen and oxygen atoms in total. The lowest BCUT2D eigenvalue weighted by atomic mass is 10.2. The second-order valence-corrected chi connectivity index (χ2v) is 3.31. The fourth-order valence-electron chi connectivity index (χ4n) is 0.894. The first-order valence-corrected chi connectivity index (χ1v) is 4.48. The topological polar surface area (TPSA) is 43.1 Å². The van der Waals surface area contributed by atoms with E-state index in [1.54, 1.807) is 6.08 Å². The zero-order valence-electron chi connectivity index (χ0n) is 8.54. The third-order valence-electron chi connectivity index (χ3n) is 1.69. The zero-order chi connectivity index (χ0) is 10.3. The van der Waals surface area contributed by atoms with Crippen LogP contribution in [-0.2, 0) is 0 Å². The lowest BCUT2D eigenvalue weighted by molar-refractivity contribution is -0.424. The summed E-state index contributed by atoms with van der Waals surface area (Å²) in [4.78, 5) is 9.85. The number of hydrogen-bond donors (Lipinski definition) is 0. The van der Waals surface area contributed by atoms with Gasteiger partial charge in [-0.15, -0.1) is 0 Å². The number of allylic oxidation sites excluding steroid dienone is 4. The van der Waals surface area contributed by atoms with Crippen molar-refractivity contribution in [3.63, 3.8) is 0 Å². The number of rotatable bonds is 5. The largest absolute Gasteiger partial charge is 0.259 e. The molecule has 0 aromatic carbocycles. The first kappa shape index (κ1) is 11.9. The maximum atomic E-state index is 10.2. The van der Waals surface area contributed by atoms with Crippen LogP contribution in [0.5, 0.6) is 0 Å². The predicted molar refractivity (Wildman–Crippen MR) is 54.0 cm³/mol. The fourth-order valence-corrected chi connectivity index (χ4v) is 0.894. The van der Waals surface area contributed by atoms with E-state index in [0.717, 1.165) is 19.3 Å². The van der Waals surface area contributed by atoms with Crippen molar-refractivity contribution in [3.8, 4) is 0 Å². The summed E-state index contributed by atoms with van der Waals surface area (Å²) < 4.78 is 0. The summed E-state index contributed by atoms with van der Waals surface area (Å²) in [5, 5.41) is 10.2. The van der Waals surface area contributed by atoms with Crippen LogP contribution in [0.4, 0.5) is 0 Å². The van der Waals surface area contributed by atoms with Crippen LogP contribution in [-0.4, -0.2) is 4.92 Å². The van der Waals surface area contributed by atoms with Gasteiger partial charge in [0.15, 0.2) is 0 Å². The van der Waals surface area contributed by atoms with Gasteiger partial charge in [-0.3, -0.25) is 10.1 Å². The molecule has 0 bridgehead atoms. The van der Waals surface area contributed by atoms with E-state index < -0.39 is 0 Å². The summed E-state index contributed by atoms with van der Waals surface area (Å²) in [5.74, 6) is 0. The molecule has 0 rings (SSSR count). The molecule has 0 N–H and O–H groups in total. The minimum atomic E-state index is -0.346. The van der Waals surface area contributed by atoms with E-state index in [-0.39, 0.29) is 10.6 Å². The summed E-state index contributed by atoms with van der Waals surface area (Å²) in [6, 6.07) is 0. The Balaban J connectivity index is 3.62. The molecule has 0 aromatic heterocycles. The number of hydrogen-bond acceptors (Lipinski definition) is 2. The quantitative estimate of drug-likeness (QED) is 0.284. The Morgan fingerprint density at radius 2 is 1.77 bits per heavy atom. The van der Waals surface area contributed by atoms with Crippen molar-refractivity contribution in [1.82, 2.24) is 0 Å². The molecule has 0 spiro atoms. The number of unbranched alkanes of at least 4 members (excludes halogenated alkanes) is 2. The molecule has 0 unspecified atom stereocenters. The van der Waals surface area contributed by atoms with Gasteiger partial charge in [-0.05, 0) is 39.2 Å². The normalized spacial score (nSPS) is 11.2. The van der Waals surface area contributed by atoms with E-state index in [4.69, 9.17) is 0 Å². The van der Waals surface area contributed by atoms with Gasteiger partial charge in [0.05, 0.1) is 4.92 Å². The molecular formula is C10H17NO2. The molecular weight excluding hydrogens is 166 g/mol. The van der Waals surface area contributed by atoms with Crippen LogP contribution in [0.1, 0.15) is 40.0 Å². The highest BCUT2D eigenvalue weighted by molar-refractivity contribution is 4.93. The van der Waals surface area contributed by atoms with Crippen molar-refractivity contribution in [3.05, 3.63) is 33.5 Å². The van der Waals surface area contributed by atoms with Crippen LogP contribution in [0.25, 0.3) is 0 Å². The van der Waals surface area contributed by atoms with Gasteiger partial charge in [-0.25, -0.2) is 0 Å². The standard InChI is InChI=1S/C10H17NO2/c1-9(2)7-5-4-6-8-10(3)11(12)13/h7-8H,4-6H2,1-3H3/b10-8-. The van der Waals surface area contributed by atoms with E-state index in [2.05, 4.69) is 19.9 Å². The van der Waals surface area contributed by atoms with Crippen molar-refractivity contribution in [2.45, 2.75) is 40.0 Å². The van der Waals surface area contributed by atoms with Gasteiger partial charge in [0.1, 0.15) is 0 Å². The molecule has 74 valence electrons. The molecule has 0 heterocycles. The Hall–Kier alpha value is -1.12. The molecule has 0 saturated heterocycles. The van der Waals surface area contributed by atoms with Gasteiger partial charge >= 0.3 is 0 Å². The van der Waals surface area contributed by atoms with Crippen LogP contribution in [0.15, 0.2) is 23.4 Å². The summed E-state index contributed by atoms with van der Waals surface area (Å²) >= 11 is 0. The van der Waals surface area contributed by atoms with Gasteiger partial charge in [-0.2, -0.15) is 0 Å². The van der Waals surface area contributed by atoms with Crippen molar-refractivity contribution in [1.29, 1.82) is 0 Å². The van der Waals surface area contributed by atoms with Crippen LogP contribution in [0.2, 0.25) is 0 Å². The minimum Gasteiger partial charge on any atom is -0.259 e. The van der Waals surface area contributed by atoms with Gasteiger partial charge in [0.25, 0.3) is 0 Å². The predicted octanol–water partition coefficient (Wildman–Crippen LogP) is 3.30. The molecule has 0 aliphatic rings. The highest BCUT2D eigenvalue weighted by Gasteiger charge is 1.98. The summed E-state index contributed by atoms with van der Waals surface area (Å²) in [5.41, 5.74) is 1.55. The molecule has 0 radical (unpaired) electrons.